The second kappa shape index (κ2) is 2.56. The van der Waals surface area contributed by atoms with Gasteiger partial charge in [-0.3, -0.25) is 0 Å². The Morgan fingerprint density at radius 2 is 2.00 bits per heavy atom. The van der Waals surface area contributed by atoms with E-state index in [-0.39, 0.29) is 5.79 Å². The predicted molar refractivity (Wildman–Crippen MR) is 38.7 cm³/mol. The van der Waals surface area contributed by atoms with Gasteiger partial charge in [-0.2, -0.15) is 0 Å². The first-order valence-electron chi connectivity index (χ1n) is 2.99. The molecule has 9 heavy (non-hydrogen) atoms. The lowest BCUT2D eigenvalue weighted by atomic mass is 9.91. The molecule has 1 fully saturated rings. The van der Waals surface area contributed by atoms with Crippen LogP contribution in [0.4, 0.5) is 0 Å². The summed E-state index contributed by atoms with van der Waals surface area (Å²) in [5.74, 6) is -0.319. The number of ether oxygens (including phenoxy) is 2. The molecule has 1 atom stereocenters. The number of alkyl halides is 1. The summed E-state index contributed by atoms with van der Waals surface area (Å²) in [6.07, 6.45) is 2.14. The van der Waals surface area contributed by atoms with Gasteiger partial charge in [0.2, 0.25) is 0 Å². The van der Waals surface area contributed by atoms with E-state index >= 15 is 0 Å². The average Bonchev–Trinajstić information content (AvgIpc) is 1.89. The molecular formula is C6H11BrO2. The molecule has 0 bridgehead atoms. The summed E-state index contributed by atoms with van der Waals surface area (Å²) < 4.78 is 10.3. The maximum atomic E-state index is 5.17. The van der Waals surface area contributed by atoms with Crippen molar-refractivity contribution in [1.29, 1.82) is 0 Å². The molecule has 0 saturated heterocycles. The molecule has 0 spiro atoms. The van der Waals surface area contributed by atoms with Crippen LogP contribution in [0.2, 0.25) is 0 Å². The zero-order chi connectivity index (χ0) is 6.91. The molecule has 0 aromatic carbocycles. The maximum absolute atomic E-state index is 5.17. The van der Waals surface area contributed by atoms with Crippen molar-refractivity contribution in [3.63, 3.8) is 0 Å². The number of halogens is 1. The van der Waals surface area contributed by atoms with Crippen molar-refractivity contribution in [2.24, 2.45) is 0 Å². The summed E-state index contributed by atoms with van der Waals surface area (Å²) in [5.41, 5.74) is 0. The largest absolute Gasteiger partial charge is 0.352 e. The average molecular weight is 195 g/mol. The number of rotatable bonds is 2. The normalized spacial score (nSPS) is 31.7. The van der Waals surface area contributed by atoms with Crippen LogP contribution in [0.3, 0.4) is 0 Å². The Kier molecular flexibility index (Phi) is 2.14. The Hall–Kier alpha value is 0.400. The summed E-state index contributed by atoms with van der Waals surface area (Å²) in [6.45, 7) is 0. The van der Waals surface area contributed by atoms with Gasteiger partial charge >= 0.3 is 0 Å². The van der Waals surface area contributed by atoms with Crippen LogP contribution in [-0.2, 0) is 9.47 Å². The molecule has 2 nitrogen and oxygen atoms in total. The first kappa shape index (κ1) is 7.51. The van der Waals surface area contributed by atoms with Crippen LogP contribution >= 0.6 is 15.9 Å². The zero-order valence-electron chi connectivity index (χ0n) is 5.69. The van der Waals surface area contributed by atoms with Gasteiger partial charge in [0.05, 0.1) is 4.83 Å². The maximum Gasteiger partial charge on any atom is 0.180 e. The fourth-order valence-electron chi connectivity index (χ4n) is 1.03. The van der Waals surface area contributed by atoms with E-state index in [2.05, 4.69) is 15.9 Å². The van der Waals surface area contributed by atoms with Crippen molar-refractivity contribution >= 4 is 15.9 Å². The molecule has 0 amide bonds. The standard InChI is InChI=1S/C6H11BrO2/c1-8-6(9-2)4-3-5(6)7/h5H,3-4H2,1-2H3. The molecule has 0 heterocycles. The highest BCUT2D eigenvalue weighted by molar-refractivity contribution is 9.09. The van der Waals surface area contributed by atoms with Gasteiger partial charge in [-0.1, -0.05) is 15.9 Å². The van der Waals surface area contributed by atoms with Crippen molar-refractivity contribution < 1.29 is 9.47 Å². The van der Waals surface area contributed by atoms with Gasteiger partial charge in [-0.25, -0.2) is 0 Å². The molecule has 1 saturated carbocycles. The van der Waals surface area contributed by atoms with E-state index in [0.717, 1.165) is 12.8 Å². The fourth-order valence-corrected chi connectivity index (χ4v) is 1.86. The summed E-state index contributed by atoms with van der Waals surface area (Å²) in [7, 11) is 3.36. The summed E-state index contributed by atoms with van der Waals surface area (Å²) in [6, 6.07) is 0. The summed E-state index contributed by atoms with van der Waals surface area (Å²) in [5, 5.41) is 0. The second-order valence-corrected chi connectivity index (χ2v) is 3.33. The van der Waals surface area contributed by atoms with Gasteiger partial charge in [0, 0.05) is 20.6 Å². The third-order valence-electron chi connectivity index (χ3n) is 1.91. The molecule has 3 heteroatoms. The van der Waals surface area contributed by atoms with E-state index in [0.29, 0.717) is 4.83 Å². The summed E-state index contributed by atoms with van der Waals surface area (Å²) >= 11 is 3.45. The second-order valence-electron chi connectivity index (χ2n) is 2.23. The third-order valence-corrected chi connectivity index (χ3v) is 3.07. The Labute approximate surface area is 63.7 Å². The highest BCUT2D eigenvalue weighted by atomic mass is 79.9. The van der Waals surface area contributed by atoms with E-state index < -0.39 is 0 Å². The molecular weight excluding hydrogens is 184 g/mol. The topological polar surface area (TPSA) is 18.5 Å². The number of hydrogen-bond acceptors (Lipinski definition) is 2. The first-order valence-corrected chi connectivity index (χ1v) is 3.91. The smallest absolute Gasteiger partial charge is 0.180 e. The molecule has 1 aliphatic rings. The van der Waals surface area contributed by atoms with Gasteiger partial charge in [-0.05, 0) is 6.42 Å². The van der Waals surface area contributed by atoms with Crippen molar-refractivity contribution in [2.75, 3.05) is 14.2 Å². The lowest BCUT2D eigenvalue weighted by molar-refractivity contribution is -0.242. The lowest BCUT2D eigenvalue weighted by Gasteiger charge is -2.43. The molecule has 0 N–H and O–H groups in total. The van der Waals surface area contributed by atoms with Crippen molar-refractivity contribution in [2.45, 2.75) is 23.5 Å². The van der Waals surface area contributed by atoms with Crippen LogP contribution in [0.1, 0.15) is 12.8 Å². The van der Waals surface area contributed by atoms with E-state index in [4.69, 9.17) is 9.47 Å². The third kappa shape index (κ3) is 1.02. The van der Waals surface area contributed by atoms with E-state index in [1.54, 1.807) is 14.2 Å². The molecule has 54 valence electrons. The minimum absolute atomic E-state index is 0.319. The van der Waals surface area contributed by atoms with Crippen LogP contribution in [0.5, 0.6) is 0 Å². The minimum Gasteiger partial charge on any atom is -0.352 e. The Bertz CT molecular complexity index is 95.7. The van der Waals surface area contributed by atoms with Crippen LogP contribution in [0.25, 0.3) is 0 Å². The predicted octanol–water partition coefficient (Wildman–Crippen LogP) is 1.53. The van der Waals surface area contributed by atoms with Gasteiger partial charge < -0.3 is 9.47 Å². The first-order chi connectivity index (χ1) is 4.25. The van der Waals surface area contributed by atoms with E-state index in [9.17, 15) is 0 Å². The van der Waals surface area contributed by atoms with Crippen molar-refractivity contribution in [1.82, 2.24) is 0 Å². The molecule has 1 unspecified atom stereocenters. The Balaban J connectivity index is 2.48. The van der Waals surface area contributed by atoms with Crippen LogP contribution in [0.15, 0.2) is 0 Å². The number of methoxy groups -OCH3 is 2. The molecule has 0 radical (unpaired) electrons. The Morgan fingerprint density at radius 3 is 2.00 bits per heavy atom. The molecule has 0 aliphatic heterocycles. The van der Waals surface area contributed by atoms with Crippen LogP contribution < -0.4 is 0 Å². The van der Waals surface area contributed by atoms with E-state index in [1.165, 1.54) is 0 Å². The van der Waals surface area contributed by atoms with E-state index in [1.807, 2.05) is 0 Å². The summed E-state index contributed by atoms with van der Waals surface area (Å²) in [4.78, 5) is 0.375. The van der Waals surface area contributed by atoms with Gasteiger partial charge in [-0.15, -0.1) is 0 Å². The minimum atomic E-state index is -0.319. The molecule has 1 rings (SSSR count). The van der Waals surface area contributed by atoms with Crippen molar-refractivity contribution in [3.05, 3.63) is 0 Å². The quantitative estimate of drug-likeness (QED) is 0.491. The van der Waals surface area contributed by atoms with Gasteiger partial charge in [0.1, 0.15) is 0 Å². The monoisotopic (exact) mass is 194 g/mol. The SMILES string of the molecule is COC1(OC)CCC1Br. The van der Waals surface area contributed by atoms with Crippen LogP contribution in [0, 0.1) is 0 Å². The molecule has 0 aromatic rings. The molecule has 0 aromatic heterocycles. The zero-order valence-corrected chi connectivity index (χ0v) is 7.27. The molecule has 1 aliphatic carbocycles. The fraction of sp³-hybridized carbons (Fsp3) is 1.00. The van der Waals surface area contributed by atoms with Crippen molar-refractivity contribution in [3.8, 4) is 0 Å². The van der Waals surface area contributed by atoms with Gasteiger partial charge in [0.15, 0.2) is 5.79 Å². The number of hydrogen-bond donors (Lipinski definition) is 0. The lowest BCUT2D eigenvalue weighted by Crippen LogP contribution is -2.51. The highest BCUT2D eigenvalue weighted by Gasteiger charge is 2.46. The van der Waals surface area contributed by atoms with Gasteiger partial charge in [0.25, 0.3) is 0 Å². The highest BCUT2D eigenvalue weighted by Crippen LogP contribution is 2.41. The Morgan fingerprint density at radius 1 is 1.44 bits per heavy atom. The van der Waals surface area contributed by atoms with Crippen LogP contribution in [-0.4, -0.2) is 24.8 Å².